The fourth-order valence-electron chi connectivity index (χ4n) is 3.41. The van der Waals surface area contributed by atoms with Crippen LogP contribution in [0.1, 0.15) is 22.6 Å². The minimum Gasteiger partial charge on any atom is -0.350 e. The Kier molecular flexibility index (Phi) is 4.59. The van der Waals surface area contributed by atoms with Crippen molar-refractivity contribution in [2.24, 2.45) is 0 Å². The molecule has 0 saturated carbocycles. The molecule has 0 aliphatic carbocycles. The molecular weight excluding hydrogens is 353 g/mol. The third-order valence-corrected chi connectivity index (χ3v) is 4.82. The van der Waals surface area contributed by atoms with Gasteiger partial charge in [-0.2, -0.15) is 13.2 Å². The van der Waals surface area contributed by atoms with Gasteiger partial charge in [0.2, 0.25) is 0 Å². The summed E-state index contributed by atoms with van der Waals surface area (Å²) in [5, 5.41) is 0. The van der Waals surface area contributed by atoms with Crippen LogP contribution in [0.5, 0.6) is 0 Å². The van der Waals surface area contributed by atoms with E-state index in [1.165, 1.54) is 11.6 Å². The molecule has 1 aromatic carbocycles. The molecule has 0 bridgehead atoms. The van der Waals surface area contributed by atoms with Crippen LogP contribution in [-0.2, 0) is 32.1 Å². The quantitative estimate of drug-likeness (QED) is 0.691. The Balaban J connectivity index is 1.48. The molecule has 0 radical (unpaired) electrons. The molecule has 0 unspecified atom stereocenters. The zero-order valence-electron chi connectivity index (χ0n) is 14.7. The Morgan fingerprint density at radius 3 is 2.59 bits per heavy atom. The lowest BCUT2D eigenvalue weighted by atomic mass is 10.1. The van der Waals surface area contributed by atoms with Crippen molar-refractivity contribution in [3.63, 3.8) is 0 Å². The molecule has 27 heavy (non-hydrogen) atoms. The van der Waals surface area contributed by atoms with Crippen molar-refractivity contribution in [3.8, 4) is 0 Å². The van der Waals surface area contributed by atoms with Gasteiger partial charge in [0.05, 0.1) is 18.6 Å². The molecule has 0 atom stereocenters. The Morgan fingerprint density at radius 1 is 1.00 bits per heavy atom. The molecular formula is C20H19F3N4. The Bertz CT molecular complexity index is 918. The number of alkyl halides is 3. The number of fused-ring (bicyclic) bond motifs is 1. The maximum absolute atomic E-state index is 12.9. The molecule has 7 heteroatoms. The predicted molar refractivity (Wildman–Crippen MR) is 96.4 cm³/mol. The molecule has 0 fully saturated rings. The number of hydrogen-bond donors (Lipinski definition) is 0. The van der Waals surface area contributed by atoms with Crippen molar-refractivity contribution < 1.29 is 13.2 Å². The van der Waals surface area contributed by atoms with E-state index in [4.69, 9.17) is 0 Å². The van der Waals surface area contributed by atoms with Gasteiger partial charge in [0, 0.05) is 25.2 Å². The van der Waals surface area contributed by atoms with Crippen molar-refractivity contribution >= 4 is 5.82 Å². The molecule has 140 valence electrons. The van der Waals surface area contributed by atoms with E-state index in [-0.39, 0.29) is 0 Å². The first kappa shape index (κ1) is 17.6. The van der Waals surface area contributed by atoms with E-state index in [1.54, 1.807) is 6.07 Å². The van der Waals surface area contributed by atoms with Gasteiger partial charge in [0.1, 0.15) is 11.5 Å². The summed E-state index contributed by atoms with van der Waals surface area (Å²) in [5.74, 6) is 0.342. The standard InChI is InChI=1S/C20H19F3N4/c21-20(22,23)18-7-4-8-19(25-18)26-12-10-17-16(13-26)24-14-27(17)11-9-15-5-2-1-3-6-15/h1-8,14H,9-13H2. The second kappa shape index (κ2) is 7.06. The molecule has 0 N–H and O–H groups in total. The Morgan fingerprint density at radius 2 is 1.81 bits per heavy atom. The topological polar surface area (TPSA) is 34.0 Å². The summed E-state index contributed by atoms with van der Waals surface area (Å²) in [6.07, 6.45) is -0.947. The van der Waals surface area contributed by atoms with E-state index in [2.05, 4.69) is 26.7 Å². The molecule has 3 heterocycles. The van der Waals surface area contributed by atoms with Crippen molar-refractivity contribution in [2.75, 3.05) is 11.4 Å². The average Bonchev–Trinajstić information content (AvgIpc) is 3.09. The van der Waals surface area contributed by atoms with Gasteiger partial charge in [-0.1, -0.05) is 36.4 Å². The van der Waals surface area contributed by atoms with Gasteiger partial charge in [-0.25, -0.2) is 9.97 Å². The van der Waals surface area contributed by atoms with Gasteiger partial charge in [0.15, 0.2) is 0 Å². The van der Waals surface area contributed by atoms with Gasteiger partial charge in [0.25, 0.3) is 0 Å². The van der Waals surface area contributed by atoms with E-state index in [0.717, 1.165) is 36.8 Å². The first-order valence-electron chi connectivity index (χ1n) is 8.87. The molecule has 2 aromatic heterocycles. The highest BCUT2D eigenvalue weighted by atomic mass is 19.4. The second-order valence-electron chi connectivity index (χ2n) is 6.62. The van der Waals surface area contributed by atoms with Gasteiger partial charge in [-0.05, 0) is 24.1 Å². The molecule has 1 aliphatic rings. The summed E-state index contributed by atoms with van der Waals surface area (Å²) in [6.45, 7) is 1.94. The van der Waals surface area contributed by atoms with Gasteiger partial charge < -0.3 is 9.47 Å². The third-order valence-electron chi connectivity index (χ3n) is 4.82. The lowest BCUT2D eigenvalue weighted by molar-refractivity contribution is -0.141. The summed E-state index contributed by atoms with van der Waals surface area (Å²) >= 11 is 0. The van der Waals surface area contributed by atoms with Crippen LogP contribution in [0, 0.1) is 0 Å². The Hall–Kier alpha value is -2.83. The Labute approximate surface area is 155 Å². The van der Waals surface area contributed by atoms with Gasteiger partial charge >= 0.3 is 6.18 Å². The number of benzene rings is 1. The van der Waals surface area contributed by atoms with E-state index in [1.807, 2.05) is 29.4 Å². The number of rotatable bonds is 4. The van der Waals surface area contributed by atoms with Crippen LogP contribution in [-0.4, -0.2) is 21.1 Å². The number of halogens is 3. The summed E-state index contributed by atoms with van der Waals surface area (Å²) in [5.41, 5.74) is 2.48. The monoisotopic (exact) mass is 372 g/mol. The lowest BCUT2D eigenvalue weighted by Gasteiger charge is -2.28. The number of pyridine rings is 1. The maximum Gasteiger partial charge on any atom is 0.433 e. The normalized spacial score (nSPS) is 14.3. The van der Waals surface area contributed by atoms with Crippen molar-refractivity contribution in [3.05, 3.63) is 77.5 Å². The van der Waals surface area contributed by atoms with Crippen LogP contribution < -0.4 is 4.90 Å². The van der Waals surface area contributed by atoms with Crippen LogP contribution >= 0.6 is 0 Å². The molecule has 0 saturated heterocycles. The smallest absolute Gasteiger partial charge is 0.350 e. The molecule has 4 rings (SSSR count). The summed E-state index contributed by atoms with van der Waals surface area (Å²) in [4.78, 5) is 10.1. The molecule has 4 nitrogen and oxygen atoms in total. The zero-order valence-corrected chi connectivity index (χ0v) is 14.7. The number of nitrogens with zero attached hydrogens (tertiary/aromatic N) is 4. The van der Waals surface area contributed by atoms with Crippen LogP contribution in [0.15, 0.2) is 54.9 Å². The largest absolute Gasteiger partial charge is 0.433 e. The van der Waals surface area contributed by atoms with Crippen LogP contribution in [0.4, 0.5) is 19.0 Å². The number of aryl methyl sites for hydroxylation is 2. The summed E-state index contributed by atoms with van der Waals surface area (Å²) in [6, 6.07) is 14.3. The van der Waals surface area contributed by atoms with Crippen LogP contribution in [0.2, 0.25) is 0 Å². The zero-order chi connectivity index (χ0) is 18.9. The number of aromatic nitrogens is 3. The second-order valence-corrected chi connectivity index (χ2v) is 6.62. The maximum atomic E-state index is 12.9. The van der Waals surface area contributed by atoms with E-state index < -0.39 is 11.9 Å². The fraction of sp³-hybridized carbons (Fsp3) is 0.300. The van der Waals surface area contributed by atoms with Crippen LogP contribution in [0.25, 0.3) is 0 Å². The molecule has 0 spiro atoms. The molecule has 1 aliphatic heterocycles. The van der Waals surface area contributed by atoms with Crippen molar-refractivity contribution in [1.29, 1.82) is 0 Å². The molecule has 0 amide bonds. The number of imidazole rings is 1. The highest BCUT2D eigenvalue weighted by Gasteiger charge is 2.33. The minimum absolute atomic E-state index is 0.342. The molecule has 3 aromatic rings. The first-order valence-corrected chi connectivity index (χ1v) is 8.87. The van der Waals surface area contributed by atoms with Gasteiger partial charge in [-0.3, -0.25) is 0 Å². The number of hydrogen-bond acceptors (Lipinski definition) is 3. The minimum atomic E-state index is -4.43. The van der Waals surface area contributed by atoms with E-state index in [9.17, 15) is 13.2 Å². The van der Waals surface area contributed by atoms with Crippen LogP contribution in [0.3, 0.4) is 0 Å². The predicted octanol–water partition coefficient (Wildman–Crippen LogP) is 4.10. The van der Waals surface area contributed by atoms with Crippen molar-refractivity contribution in [2.45, 2.75) is 32.1 Å². The third kappa shape index (κ3) is 3.82. The van der Waals surface area contributed by atoms with E-state index >= 15 is 0 Å². The van der Waals surface area contributed by atoms with E-state index in [0.29, 0.717) is 18.9 Å². The summed E-state index contributed by atoms with van der Waals surface area (Å²) in [7, 11) is 0. The average molecular weight is 372 g/mol. The van der Waals surface area contributed by atoms with Crippen molar-refractivity contribution in [1.82, 2.24) is 14.5 Å². The first-order chi connectivity index (χ1) is 13.0. The highest BCUT2D eigenvalue weighted by molar-refractivity contribution is 5.42. The lowest BCUT2D eigenvalue weighted by Crippen LogP contribution is -2.32. The summed E-state index contributed by atoms with van der Waals surface area (Å²) < 4.78 is 40.9. The van der Waals surface area contributed by atoms with Gasteiger partial charge in [-0.15, -0.1) is 0 Å². The fourth-order valence-corrected chi connectivity index (χ4v) is 3.41. The number of anilines is 1. The SMILES string of the molecule is FC(F)(F)c1cccc(N2CCc3c(ncn3CCc3ccccc3)C2)n1. The highest BCUT2D eigenvalue weighted by Crippen LogP contribution is 2.30.